The summed E-state index contributed by atoms with van der Waals surface area (Å²) >= 11 is 1.90. The zero-order valence-corrected chi connectivity index (χ0v) is 6.79. The quantitative estimate of drug-likeness (QED) is 0.420. The van der Waals surface area contributed by atoms with Crippen LogP contribution in [0.2, 0.25) is 0 Å². The van der Waals surface area contributed by atoms with Crippen molar-refractivity contribution in [2.24, 2.45) is 0 Å². The van der Waals surface area contributed by atoms with Crippen LogP contribution >= 0.6 is 11.8 Å². The molecule has 0 atom stereocenters. The predicted octanol–water partition coefficient (Wildman–Crippen LogP) is 2.87. The van der Waals surface area contributed by atoms with Crippen LogP contribution in [0, 0.1) is 0 Å². The Labute approximate surface area is 62.0 Å². The van der Waals surface area contributed by atoms with Crippen LogP contribution in [0.4, 0.5) is 0 Å². The molecule has 0 bridgehead atoms. The number of thioether (sulfide) groups is 1. The summed E-state index contributed by atoms with van der Waals surface area (Å²) < 4.78 is 0. The van der Waals surface area contributed by atoms with Gasteiger partial charge in [0.1, 0.15) is 0 Å². The maximum atomic E-state index is 3.59. The van der Waals surface area contributed by atoms with E-state index in [2.05, 4.69) is 18.9 Å². The third-order valence-electron chi connectivity index (χ3n) is 0.991. The Morgan fingerprint density at radius 2 is 2.33 bits per heavy atom. The summed E-state index contributed by atoms with van der Waals surface area (Å²) in [7, 11) is 0. The van der Waals surface area contributed by atoms with Crippen LogP contribution in [0.15, 0.2) is 24.8 Å². The molecule has 0 spiro atoms. The molecule has 0 saturated heterocycles. The lowest BCUT2D eigenvalue weighted by atomic mass is 10.3. The van der Waals surface area contributed by atoms with Gasteiger partial charge in [-0.3, -0.25) is 0 Å². The summed E-state index contributed by atoms with van der Waals surface area (Å²) in [5.74, 6) is 1.27. The first kappa shape index (κ1) is 8.83. The van der Waals surface area contributed by atoms with E-state index in [4.69, 9.17) is 0 Å². The fourth-order valence-electron chi connectivity index (χ4n) is 0.538. The van der Waals surface area contributed by atoms with Crippen LogP contribution in [-0.4, -0.2) is 12.0 Å². The van der Waals surface area contributed by atoms with Crippen LogP contribution in [-0.2, 0) is 0 Å². The molecule has 0 aliphatic heterocycles. The number of hydrogen-bond acceptors (Lipinski definition) is 1. The van der Waals surface area contributed by atoms with Gasteiger partial charge in [0.2, 0.25) is 0 Å². The Kier molecular flexibility index (Phi) is 7.68. The van der Waals surface area contributed by atoms with E-state index in [1.54, 1.807) is 0 Å². The second-order valence-corrected chi connectivity index (χ2v) is 2.78. The van der Waals surface area contributed by atoms with Gasteiger partial charge in [0.05, 0.1) is 0 Å². The molecule has 0 aromatic carbocycles. The summed E-state index contributed by atoms with van der Waals surface area (Å²) in [5, 5.41) is 0. The molecule has 0 N–H and O–H groups in total. The third-order valence-corrected chi connectivity index (χ3v) is 1.69. The van der Waals surface area contributed by atoms with Gasteiger partial charge < -0.3 is 0 Å². The van der Waals surface area contributed by atoms with Crippen molar-refractivity contribution in [3.63, 3.8) is 0 Å². The number of allylic oxidation sites excluding steroid dienone is 3. The molecule has 0 aromatic heterocycles. The molecule has 1 heteroatoms. The monoisotopic (exact) mass is 142 g/mol. The summed E-state index contributed by atoms with van der Waals surface area (Å²) in [6, 6.07) is 0. The lowest BCUT2D eigenvalue weighted by molar-refractivity contribution is 0.973. The molecule has 0 aliphatic carbocycles. The minimum atomic E-state index is 1.19. The molecule has 0 nitrogen and oxygen atoms in total. The van der Waals surface area contributed by atoms with Crippen molar-refractivity contribution in [1.82, 2.24) is 0 Å². The largest absolute Gasteiger partial charge is 0.165 e. The van der Waals surface area contributed by atoms with E-state index < -0.39 is 0 Å². The van der Waals surface area contributed by atoms with Crippen LogP contribution in [0.5, 0.6) is 0 Å². The van der Waals surface area contributed by atoms with Gasteiger partial charge in [-0.2, -0.15) is 11.8 Å². The molecular weight excluding hydrogens is 128 g/mol. The first-order valence-electron chi connectivity index (χ1n) is 3.18. The Morgan fingerprint density at radius 1 is 1.56 bits per heavy atom. The van der Waals surface area contributed by atoms with Gasteiger partial charge in [-0.1, -0.05) is 24.8 Å². The van der Waals surface area contributed by atoms with Gasteiger partial charge in [0, 0.05) is 0 Å². The number of unbranched alkanes of at least 4 members (excludes halogenated alkanes) is 1. The molecule has 0 saturated carbocycles. The van der Waals surface area contributed by atoms with E-state index in [0.29, 0.717) is 0 Å². The summed E-state index contributed by atoms with van der Waals surface area (Å²) in [5.41, 5.74) is 0. The minimum Gasteiger partial charge on any atom is -0.165 e. The van der Waals surface area contributed by atoms with Gasteiger partial charge in [0.25, 0.3) is 0 Å². The van der Waals surface area contributed by atoms with Crippen molar-refractivity contribution in [2.75, 3.05) is 12.0 Å². The second kappa shape index (κ2) is 7.83. The first-order valence-corrected chi connectivity index (χ1v) is 4.57. The van der Waals surface area contributed by atoms with E-state index in [0.717, 1.165) is 0 Å². The highest BCUT2D eigenvalue weighted by molar-refractivity contribution is 7.98. The van der Waals surface area contributed by atoms with Gasteiger partial charge in [-0.15, -0.1) is 0 Å². The fraction of sp³-hybridized carbons (Fsp3) is 0.500. The van der Waals surface area contributed by atoms with Gasteiger partial charge in [0.15, 0.2) is 0 Å². The van der Waals surface area contributed by atoms with E-state index >= 15 is 0 Å². The molecule has 0 aliphatic rings. The lowest BCUT2D eigenvalue weighted by Crippen LogP contribution is -1.73. The highest BCUT2D eigenvalue weighted by atomic mass is 32.2. The van der Waals surface area contributed by atoms with Crippen molar-refractivity contribution in [3.05, 3.63) is 24.8 Å². The summed E-state index contributed by atoms with van der Waals surface area (Å²) in [6.07, 6.45) is 10.6. The molecule has 52 valence electrons. The standard InChI is InChI=1S/C8H14S/c1-3-4-5-6-7-8-9-2/h3-5H,1,6-8H2,2H3/b5-4+. The van der Waals surface area contributed by atoms with E-state index in [1.807, 2.05) is 23.9 Å². The van der Waals surface area contributed by atoms with Crippen LogP contribution in [0.3, 0.4) is 0 Å². The maximum Gasteiger partial charge on any atom is -0.00674 e. The van der Waals surface area contributed by atoms with Crippen molar-refractivity contribution < 1.29 is 0 Å². The zero-order valence-electron chi connectivity index (χ0n) is 5.97. The lowest BCUT2D eigenvalue weighted by Gasteiger charge is -1.89. The van der Waals surface area contributed by atoms with E-state index in [1.165, 1.54) is 18.6 Å². The zero-order chi connectivity index (χ0) is 6.95. The molecule has 9 heavy (non-hydrogen) atoms. The number of rotatable bonds is 5. The van der Waals surface area contributed by atoms with Gasteiger partial charge in [-0.05, 0) is 24.9 Å². The molecular formula is C8H14S. The van der Waals surface area contributed by atoms with Crippen LogP contribution in [0.25, 0.3) is 0 Å². The smallest absolute Gasteiger partial charge is 0.00674 e. The highest BCUT2D eigenvalue weighted by Crippen LogP contribution is 1.99. The third kappa shape index (κ3) is 7.83. The Balaban J connectivity index is 2.90. The molecule has 0 aromatic rings. The fourth-order valence-corrected chi connectivity index (χ4v) is 0.993. The maximum absolute atomic E-state index is 3.59. The minimum absolute atomic E-state index is 1.19. The van der Waals surface area contributed by atoms with Gasteiger partial charge >= 0.3 is 0 Å². The summed E-state index contributed by atoms with van der Waals surface area (Å²) in [6.45, 7) is 3.59. The molecule has 0 rings (SSSR count). The Bertz CT molecular complexity index is 84.6. The number of hydrogen-bond donors (Lipinski definition) is 0. The van der Waals surface area contributed by atoms with Crippen molar-refractivity contribution >= 4 is 11.8 Å². The Morgan fingerprint density at radius 3 is 2.89 bits per heavy atom. The molecule has 0 heterocycles. The second-order valence-electron chi connectivity index (χ2n) is 1.80. The topological polar surface area (TPSA) is 0 Å². The van der Waals surface area contributed by atoms with Crippen LogP contribution in [0.1, 0.15) is 12.8 Å². The summed E-state index contributed by atoms with van der Waals surface area (Å²) in [4.78, 5) is 0. The van der Waals surface area contributed by atoms with Crippen molar-refractivity contribution in [1.29, 1.82) is 0 Å². The molecule has 0 fully saturated rings. The first-order chi connectivity index (χ1) is 4.41. The normalized spacial score (nSPS) is 10.3. The predicted molar refractivity (Wildman–Crippen MR) is 47.0 cm³/mol. The SMILES string of the molecule is C=C/C=C/CCCSC. The average molecular weight is 142 g/mol. The van der Waals surface area contributed by atoms with Crippen molar-refractivity contribution in [2.45, 2.75) is 12.8 Å². The van der Waals surface area contributed by atoms with E-state index in [-0.39, 0.29) is 0 Å². The molecule has 0 radical (unpaired) electrons. The average Bonchev–Trinajstić information content (AvgIpc) is 1.89. The molecule has 0 amide bonds. The molecule has 0 unspecified atom stereocenters. The Hall–Kier alpha value is -0.170. The highest BCUT2D eigenvalue weighted by Gasteiger charge is 1.79. The van der Waals surface area contributed by atoms with Crippen LogP contribution < -0.4 is 0 Å². The van der Waals surface area contributed by atoms with E-state index in [9.17, 15) is 0 Å². The van der Waals surface area contributed by atoms with Crippen molar-refractivity contribution in [3.8, 4) is 0 Å². The van der Waals surface area contributed by atoms with Gasteiger partial charge in [-0.25, -0.2) is 0 Å².